The van der Waals surface area contributed by atoms with Gasteiger partial charge in [-0.15, -0.1) is 4.33 Å². The summed E-state index contributed by atoms with van der Waals surface area (Å²) in [6, 6.07) is 17.2. The molecule has 0 saturated heterocycles. The Labute approximate surface area is 311 Å². The molecule has 0 saturated carbocycles. The number of ether oxygens (including phenoxy) is 1. The highest BCUT2D eigenvalue weighted by molar-refractivity contribution is 7.94. The molecule has 15 nitrogen and oxygen atoms in total. The van der Waals surface area contributed by atoms with Crippen LogP contribution >= 0.6 is 12.0 Å². The summed E-state index contributed by atoms with van der Waals surface area (Å²) in [6.07, 6.45) is 4.81. The third kappa shape index (κ3) is 6.98. The van der Waals surface area contributed by atoms with Crippen LogP contribution in [0.5, 0.6) is 5.75 Å². The predicted molar refractivity (Wildman–Crippen MR) is 196 cm³/mol. The Morgan fingerprint density at radius 2 is 1.69 bits per heavy atom. The van der Waals surface area contributed by atoms with E-state index in [-0.39, 0.29) is 17.9 Å². The molecular formula is C36H31N2O13S3+. The van der Waals surface area contributed by atoms with Crippen molar-refractivity contribution in [3.63, 3.8) is 0 Å². The first-order valence-electron chi connectivity index (χ1n) is 16.7. The molecule has 6 aromatic rings. The summed E-state index contributed by atoms with van der Waals surface area (Å²) in [7, 11) is -8.68. The molecule has 0 spiro atoms. The smallest absolute Gasteiger partial charge is 0.379 e. The van der Waals surface area contributed by atoms with Gasteiger partial charge in [-0.25, -0.2) is 5.26 Å². The molecule has 0 bridgehead atoms. The van der Waals surface area contributed by atoms with Crippen LogP contribution in [0.1, 0.15) is 42.7 Å². The molecule has 0 amide bonds. The molecule has 0 radical (unpaired) electrons. The van der Waals surface area contributed by atoms with Crippen molar-refractivity contribution in [1.29, 1.82) is 0 Å². The van der Waals surface area contributed by atoms with E-state index in [9.17, 15) is 30.7 Å². The zero-order chi connectivity index (χ0) is 37.8. The highest BCUT2D eigenvalue weighted by Gasteiger charge is 2.34. The number of aryl methyl sites for hydroxylation is 1. The Hall–Kier alpha value is -4.79. The van der Waals surface area contributed by atoms with Crippen molar-refractivity contribution in [3.8, 4) is 16.9 Å². The molecule has 54 heavy (non-hydrogen) atoms. The maximum Gasteiger partial charge on any atom is 0.379 e. The van der Waals surface area contributed by atoms with Crippen LogP contribution in [0.15, 0.2) is 85.2 Å². The molecule has 0 unspecified atom stereocenters. The van der Waals surface area contributed by atoms with Gasteiger partial charge in [-0.1, -0.05) is 11.1 Å². The van der Waals surface area contributed by atoms with Gasteiger partial charge in [0.2, 0.25) is 11.5 Å². The maximum absolute atomic E-state index is 11.9. The summed E-state index contributed by atoms with van der Waals surface area (Å²) in [5, 5.41) is 13.9. The van der Waals surface area contributed by atoms with Gasteiger partial charge < -0.3 is 23.3 Å². The highest BCUT2D eigenvalue weighted by atomic mass is 32.2. The molecule has 0 fully saturated rings. The highest BCUT2D eigenvalue weighted by Crippen LogP contribution is 2.48. The number of unbranched alkanes of at least 4 members (excludes halogenated alkanes) is 2. The fourth-order valence-corrected chi connectivity index (χ4v) is 8.45. The minimum atomic E-state index is -4.44. The number of anilines is 1. The largest absolute Gasteiger partial charge is 0.456 e. The number of fused-ring (bicyclic) bond motifs is 8. The lowest BCUT2D eigenvalue weighted by atomic mass is 10.0. The SMILES string of the molecule is O=CCCCC[n+]1c(C=C2Oc3cc4c(cc3N2CCCS(=O)(=O)O)Cc2ccc(S(=O)(=O)O)cc2-4)oc2cc3c(cc21)oc1ccc(SOOO)cc13. The van der Waals surface area contributed by atoms with Gasteiger partial charge in [0.15, 0.2) is 12.3 Å². The second-order valence-corrected chi connectivity index (χ2v) is 16.6. The summed E-state index contributed by atoms with van der Waals surface area (Å²) in [4.78, 5) is 13.3. The Morgan fingerprint density at radius 3 is 2.46 bits per heavy atom. The van der Waals surface area contributed by atoms with Gasteiger partial charge in [-0.3, -0.25) is 9.11 Å². The lowest BCUT2D eigenvalue weighted by molar-refractivity contribution is -0.678. The van der Waals surface area contributed by atoms with Crippen molar-refractivity contribution in [3.05, 3.63) is 83.6 Å². The van der Waals surface area contributed by atoms with Crippen LogP contribution in [0.4, 0.5) is 5.69 Å². The van der Waals surface area contributed by atoms with Gasteiger partial charge >= 0.3 is 5.89 Å². The molecule has 3 heterocycles. The molecule has 3 N–H and O–H groups in total. The standard InChI is InChI=1S/C36H30N2O13S3/c39-11-3-1-2-9-37-30-19-32-28(27-15-23(52-51-50-40)6-8-31(27)47-32)18-34(30)49-35(37)20-36-38(10-4-12-53(41,42)43)29-14-22-13-21-5-7-24(54(44,45)46)16-25(21)26(22)17-33(29)48-36/h5-8,11,14-20H,1-4,9-10,12-13H2,(H2-,40,41,42,43,44,45,46)/p+1. The second-order valence-electron chi connectivity index (χ2n) is 12.9. The van der Waals surface area contributed by atoms with Crippen molar-refractivity contribution in [2.24, 2.45) is 0 Å². The van der Waals surface area contributed by atoms with Gasteiger partial charge in [-0.05, 0) is 90.0 Å². The van der Waals surface area contributed by atoms with Crippen molar-refractivity contribution in [2.75, 3.05) is 17.2 Å². The van der Waals surface area contributed by atoms with Crippen LogP contribution in [0.25, 0.3) is 50.2 Å². The molecule has 8 rings (SSSR count). The van der Waals surface area contributed by atoms with Gasteiger partial charge in [0, 0.05) is 35.1 Å². The van der Waals surface area contributed by atoms with E-state index >= 15 is 0 Å². The van der Waals surface area contributed by atoms with E-state index in [1.807, 2.05) is 28.8 Å². The molecule has 2 aromatic heterocycles. The van der Waals surface area contributed by atoms with Crippen LogP contribution in [-0.4, -0.2) is 49.8 Å². The quantitative estimate of drug-likeness (QED) is 0.0199. The van der Waals surface area contributed by atoms with E-state index in [0.29, 0.717) is 88.2 Å². The molecule has 2 aliphatic rings. The number of benzene rings is 4. The van der Waals surface area contributed by atoms with Crippen LogP contribution < -0.4 is 14.2 Å². The lowest BCUT2D eigenvalue weighted by Crippen LogP contribution is -2.36. The van der Waals surface area contributed by atoms with Gasteiger partial charge in [0.05, 0.1) is 34.4 Å². The number of carbonyl (C=O) groups is 1. The number of rotatable bonds is 14. The second kappa shape index (κ2) is 14.1. The number of nitrogens with zero attached hydrogens (tertiary/aromatic N) is 2. The average molecular weight is 796 g/mol. The van der Waals surface area contributed by atoms with Crippen LogP contribution in [0.2, 0.25) is 0 Å². The van der Waals surface area contributed by atoms with Crippen molar-refractivity contribution in [1.82, 2.24) is 0 Å². The van der Waals surface area contributed by atoms with Crippen LogP contribution in [-0.2, 0) is 47.4 Å². The third-order valence-corrected chi connectivity index (χ3v) is 11.7. The van der Waals surface area contributed by atoms with E-state index in [1.54, 1.807) is 35.2 Å². The Kier molecular flexibility index (Phi) is 9.47. The number of carbonyl (C=O) groups excluding carboxylic acids is 1. The van der Waals surface area contributed by atoms with E-state index in [1.165, 1.54) is 12.1 Å². The summed E-state index contributed by atoms with van der Waals surface area (Å²) < 4.78 is 92.0. The minimum Gasteiger partial charge on any atom is -0.456 e. The molecule has 18 heteroatoms. The molecule has 1 aliphatic heterocycles. The van der Waals surface area contributed by atoms with Crippen molar-refractivity contribution >= 4 is 83.4 Å². The summed E-state index contributed by atoms with van der Waals surface area (Å²) in [5.74, 6) is 0.669. The van der Waals surface area contributed by atoms with E-state index < -0.39 is 26.0 Å². The number of aromatic nitrogens is 1. The maximum atomic E-state index is 11.9. The first-order chi connectivity index (χ1) is 25.9. The topological polar surface area (TPSA) is 207 Å². The summed E-state index contributed by atoms with van der Waals surface area (Å²) in [6.45, 7) is 0.628. The third-order valence-electron chi connectivity index (χ3n) is 9.45. The zero-order valence-corrected chi connectivity index (χ0v) is 30.6. The molecule has 4 aromatic carbocycles. The number of furan rings is 1. The van der Waals surface area contributed by atoms with E-state index in [4.69, 9.17) is 18.8 Å². The van der Waals surface area contributed by atoms with Crippen LogP contribution in [0.3, 0.4) is 0 Å². The first kappa shape index (κ1) is 36.2. The monoisotopic (exact) mass is 795 g/mol. The predicted octanol–water partition coefficient (Wildman–Crippen LogP) is 6.71. The fourth-order valence-electron chi connectivity index (χ4n) is 7.05. The van der Waals surface area contributed by atoms with Gasteiger partial charge in [-0.2, -0.15) is 21.4 Å². The molecule has 0 atom stereocenters. The van der Waals surface area contributed by atoms with Crippen LogP contribution in [0, 0.1) is 0 Å². The number of oxazole rings is 1. The van der Waals surface area contributed by atoms with Gasteiger partial charge in [0.25, 0.3) is 25.8 Å². The molecule has 280 valence electrons. The van der Waals surface area contributed by atoms with Crippen molar-refractivity contribution in [2.45, 2.75) is 48.4 Å². The molecular weight excluding hydrogens is 765 g/mol. The normalized spacial score (nSPS) is 14.6. The van der Waals surface area contributed by atoms with Crippen molar-refractivity contribution < 1.29 is 63.5 Å². The number of hydrogen-bond donors (Lipinski definition) is 3. The number of hydrogen-bond acceptors (Lipinski definition) is 13. The Bertz CT molecular complexity index is 2740. The van der Waals surface area contributed by atoms with E-state index in [2.05, 4.69) is 9.37 Å². The zero-order valence-electron chi connectivity index (χ0n) is 28.1. The Morgan fingerprint density at radius 1 is 0.870 bits per heavy atom. The number of aldehydes is 1. The molecule has 1 aliphatic carbocycles. The fraction of sp³-hybridized carbons (Fsp3) is 0.222. The Balaban J connectivity index is 1.22. The summed E-state index contributed by atoms with van der Waals surface area (Å²) >= 11 is 0.821. The summed E-state index contributed by atoms with van der Waals surface area (Å²) in [5.41, 5.74) is 6.20. The lowest BCUT2D eigenvalue weighted by Gasteiger charge is -2.18. The van der Waals surface area contributed by atoms with E-state index in [0.717, 1.165) is 45.8 Å². The van der Waals surface area contributed by atoms with Gasteiger partial charge in [0.1, 0.15) is 23.5 Å². The average Bonchev–Trinajstić information content (AvgIpc) is 3.86. The minimum absolute atomic E-state index is 0.0685. The first-order valence-corrected chi connectivity index (χ1v) is 20.5.